The van der Waals surface area contributed by atoms with Crippen LogP contribution in [0.4, 0.5) is 0 Å². The minimum absolute atomic E-state index is 0.792. The van der Waals surface area contributed by atoms with Crippen molar-refractivity contribution < 1.29 is 17.7 Å². The molecule has 12 rings (SSSR count). The first kappa shape index (κ1) is 26.2. The quantitative estimate of drug-likeness (QED) is 0.176. The third-order valence-corrected chi connectivity index (χ3v) is 10.5. The smallest absolute Gasteiger partial charge is 0.147 e. The van der Waals surface area contributed by atoms with Crippen LogP contribution in [0.5, 0.6) is 0 Å². The maximum Gasteiger partial charge on any atom is 0.147 e. The Bertz CT molecular complexity index is 3240. The van der Waals surface area contributed by atoms with Crippen LogP contribution in [0.2, 0.25) is 0 Å². The molecule has 0 N–H and O–H groups in total. The fraction of sp³-hybridized carbons (Fsp3) is 0. The highest BCUT2D eigenvalue weighted by molar-refractivity contribution is 6.29. The van der Waals surface area contributed by atoms with Crippen LogP contribution in [0, 0.1) is 0 Å². The third kappa shape index (κ3) is 3.39. The van der Waals surface area contributed by atoms with Crippen molar-refractivity contribution in [1.82, 2.24) is 0 Å². The lowest BCUT2D eigenvalue weighted by Gasteiger charge is -2.16. The second-order valence-corrected chi connectivity index (χ2v) is 13.1. The molecule has 0 aliphatic rings. The summed E-state index contributed by atoms with van der Waals surface area (Å²) in [6, 6.07) is 50.5. The average Bonchev–Trinajstić information content (AvgIpc) is 3.93. The zero-order valence-corrected chi connectivity index (χ0v) is 26.5. The van der Waals surface area contributed by atoms with Crippen LogP contribution in [0.25, 0.3) is 121 Å². The number of para-hydroxylation sites is 3. The van der Waals surface area contributed by atoms with E-state index >= 15 is 0 Å². The normalized spacial score (nSPS) is 12.4. The van der Waals surface area contributed by atoms with Crippen molar-refractivity contribution in [3.05, 3.63) is 146 Å². The molecule has 4 heteroatoms. The van der Waals surface area contributed by atoms with Gasteiger partial charge in [0.2, 0.25) is 0 Å². The summed E-state index contributed by atoms with van der Waals surface area (Å²) in [7, 11) is 0. The lowest BCUT2D eigenvalue weighted by Crippen LogP contribution is -1.91. The largest absolute Gasteiger partial charge is 0.456 e. The van der Waals surface area contributed by atoms with Crippen LogP contribution >= 0.6 is 0 Å². The second kappa shape index (κ2) is 9.43. The Morgan fingerprint density at radius 2 is 0.720 bits per heavy atom. The predicted molar refractivity (Wildman–Crippen MR) is 204 cm³/mol. The highest BCUT2D eigenvalue weighted by Crippen LogP contribution is 2.51. The van der Waals surface area contributed by atoms with Crippen molar-refractivity contribution in [2.75, 3.05) is 0 Å². The molecule has 4 nitrogen and oxygen atoms in total. The summed E-state index contributed by atoms with van der Waals surface area (Å²) in [6.45, 7) is 0. The summed E-state index contributed by atoms with van der Waals surface area (Å²) in [6.07, 6.45) is 0. The van der Waals surface area contributed by atoms with Crippen LogP contribution in [-0.4, -0.2) is 0 Å². The number of fused-ring (bicyclic) bond motifs is 12. The van der Waals surface area contributed by atoms with Crippen molar-refractivity contribution >= 4 is 98.3 Å². The van der Waals surface area contributed by atoms with Gasteiger partial charge in [-0.3, -0.25) is 0 Å². The summed E-state index contributed by atoms with van der Waals surface area (Å²) >= 11 is 0. The summed E-state index contributed by atoms with van der Waals surface area (Å²) in [5.74, 6) is 0.812. The monoisotopic (exact) mass is 640 g/mol. The molecule has 4 heterocycles. The molecule has 4 aromatic heterocycles. The molecule has 232 valence electrons. The molecule has 8 aromatic carbocycles. The van der Waals surface area contributed by atoms with Gasteiger partial charge in [0.25, 0.3) is 0 Å². The van der Waals surface area contributed by atoms with E-state index in [2.05, 4.69) is 97.1 Å². The van der Waals surface area contributed by atoms with Gasteiger partial charge >= 0.3 is 0 Å². The summed E-state index contributed by atoms with van der Waals surface area (Å²) < 4.78 is 26.5. The number of hydrogen-bond donors (Lipinski definition) is 0. The maximum absolute atomic E-state index is 6.77. The predicted octanol–water partition coefficient (Wildman–Crippen LogP) is 13.8. The van der Waals surface area contributed by atoms with Crippen molar-refractivity contribution in [2.45, 2.75) is 0 Å². The Balaban J connectivity index is 1.22. The third-order valence-electron chi connectivity index (χ3n) is 10.5. The van der Waals surface area contributed by atoms with Crippen molar-refractivity contribution in [2.24, 2.45) is 0 Å². The summed E-state index contributed by atoms with van der Waals surface area (Å²) in [5.41, 5.74) is 8.92. The van der Waals surface area contributed by atoms with Crippen LogP contribution < -0.4 is 0 Å². The van der Waals surface area contributed by atoms with E-state index in [1.807, 2.05) is 48.5 Å². The molecule has 50 heavy (non-hydrogen) atoms. The lowest BCUT2D eigenvalue weighted by atomic mass is 9.86. The molecule has 0 radical (unpaired) electrons. The van der Waals surface area contributed by atoms with Gasteiger partial charge in [0, 0.05) is 54.9 Å². The molecular formula is C46H24O4. The molecule has 0 saturated carbocycles. The Hall–Kier alpha value is -6.78. The molecule has 0 aliphatic heterocycles. The van der Waals surface area contributed by atoms with Crippen LogP contribution in [0.3, 0.4) is 0 Å². The minimum Gasteiger partial charge on any atom is -0.456 e. The molecule has 0 fully saturated rings. The van der Waals surface area contributed by atoms with E-state index in [0.717, 1.165) is 121 Å². The first-order valence-corrected chi connectivity index (χ1v) is 16.8. The number of hydrogen-bond acceptors (Lipinski definition) is 4. The molecule has 12 aromatic rings. The molecule has 0 spiro atoms. The van der Waals surface area contributed by atoms with Gasteiger partial charge in [-0.1, -0.05) is 103 Å². The highest BCUT2D eigenvalue weighted by Gasteiger charge is 2.26. The zero-order chi connectivity index (χ0) is 32.5. The molecule has 0 amide bonds. The van der Waals surface area contributed by atoms with E-state index in [-0.39, 0.29) is 0 Å². The molecule has 0 aliphatic carbocycles. The van der Waals surface area contributed by atoms with Gasteiger partial charge < -0.3 is 17.7 Å². The van der Waals surface area contributed by atoms with E-state index < -0.39 is 0 Å². The Labute approximate surface area is 283 Å². The number of furan rings is 4. The van der Waals surface area contributed by atoms with Gasteiger partial charge in [-0.2, -0.15) is 0 Å². The Morgan fingerprint density at radius 3 is 1.28 bits per heavy atom. The van der Waals surface area contributed by atoms with Gasteiger partial charge in [0.05, 0.1) is 5.56 Å². The summed E-state index contributed by atoms with van der Waals surface area (Å²) in [4.78, 5) is 0. The molecule has 0 atom stereocenters. The number of benzene rings is 8. The van der Waals surface area contributed by atoms with E-state index in [0.29, 0.717) is 0 Å². The van der Waals surface area contributed by atoms with Crippen molar-refractivity contribution in [1.29, 1.82) is 0 Å². The molecular weight excluding hydrogens is 617 g/mol. The average molecular weight is 641 g/mol. The maximum atomic E-state index is 6.77. The highest BCUT2D eigenvalue weighted by atomic mass is 16.4. The van der Waals surface area contributed by atoms with Gasteiger partial charge in [0.1, 0.15) is 44.8 Å². The zero-order valence-electron chi connectivity index (χ0n) is 26.5. The second-order valence-electron chi connectivity index (χ2n) is 13.1. The van der Waals surface area contributed by atoms with E-state index in [1.54, 1.807) is 0 Å². The Morgan fingerprint density at radius 1 is 0.260 bits per heavy atom. The van der Waals surface area contributed by atoms with Gasteiger partial charge in [-0.15, -0.1) is 0 Å². The Kier molecular flexibility index (Phi) is 4.94. The van der Waals surface area contributed by atoms with Gasteiger partial charge in [-0.05, 0) is 57.9 Å². The van der Waals surface area contributed by atoms with E-state index in [1.165, 1.54) is 0 Å². The molecule has 0 unspecified atom stereocenters. The van der Waals surface area contributed by atoms with Crippen molar-refractivity contribution in [3.8, 4) is 22.5 Å². The fourth-order valence-corrected chi connectivity index (χ4v) is 8.31. The SMILES string of the molecule is c1ccc2c(c1)oc1cc3oc(-c4c5ccccc5c(-c5c6oc7ccccc7c6cc6c5oc5ccccc56)c5ccccc45)cc3cc12. The van der Waals surface area contributed by atoms with E-state index in [9.17, 15) is 0 Å². The first-order valence-electron chi connectivity index (χ1n) is 16.8. The van der Waals surface area contributed by atoms with Gasteiger partial charge in [0.15, 0.2) is 0 Å². The lowest BCUT2D eigenvalue weighted by molar-refractivity contribution is 0.629. The van der Waals surface area contributed by atoms with Crippen molar-refractivity contribution in [3.63, 3.8) is 0 Å². The first-order chi connectivity index (χ1) is 24.8. The van der Waals surface area contributed by atoms with Gasteiger partial charge in [-0.25, -0.2) is 0 Å². The van der Waals surface area contributed by atoms with Crippen LogP contribution in [0.1, 0.15) is 0 Å². The molecule has 0 bridgehead atoms. The number of rotatable bonds is 2. The summed E-state index contributed by atoms with van der Waals surface area (Å²) in [5, 5.41) is 11.9. The van der Waals surface area contributed by atoms with Crippen LogP contribution in [0.15, 0.2) is 163 Å². The standard InChI is InChI=1S/C46H24O4/c1-3-16-31-29(14-1)42(41-22-25-21-33-26-11-5-8-18-36(26)47-40(33)24-39(25)48-41)30-15-2-4-17-32(30)43(31)44-45-34(27-12-6-9-19-37(27)49-45)23-35-28-13-7-10-20-38(28)50-46(35)44/h1-24H. The molecule has 0 saturated heterocycles. The van der Waals surface area contributed by atoms with Crippen LogP contribution in [-0.2, 0) is 0 Å². The topological polar surface area (TPSA) is 52.6 Å². The van der Waals surface area contributed by atoms with E-state index in [4.69, 9.17) is 17.7 Å². The fourth-order valence-electron chi connectivity index (χ4n) is 8.31. The minimum atomic E-state index is 0.792.